The maximum absolute atomic E-state index is 13.6. The molecular weight excluding hydrogens is 297 g/mol. The molecule has 0 spiro atoms. The van der Waals surface area contributed by atoms with Crippen molar-refractivity contribution < 1.29 is 18.7 Å². The summed E-state index contributed by atoms with van der Waals surface area (Å²) >= 11 is 0. The zero-order chi connectivity index (χ0) is 16.7. The molecule has 0 saturated heterocycles. The maximum atomic E-state index is 13.6. The normalized spacial score (nSPS) is 10.2. The number of amides is 1. The zero-order valence-electron chi connectivity index (χ0n) is 13.3. The summed E-state index contributed by atoms with van der Waals surface area (Å²) in [4.78, 5) is 12.3. The van der Waals surface area contributed by atoms with Crippen LogP contribution in [-0.2, 0) is 0 Å². The van der Waals surface area contributed by atoms with E-state index in [-0.39, 0.29) is 5.69 Å². The molecule has 0 aliphatic rings. The van der Waals surface area contributed by atoms with Crippen LogP contribution in [0.25, 0.3) is 0 Å². The topological polar surface area (TPSA) is 47.6 Å². The molecule has 1 amide bonds. The van der Waals surface area contributed by atoms with Crippen LogP contribution in [0.3, 0.4) is 0 Å². The van der Waals surface area contributed by atoms with Crippen LogP contribution in [0.1, 0.15) is 30.6 Å². The van der Waals surface area contributed by atoms with E-state index in [0.717, 1.165) is 6.42 Å². The maximum Gasteiger partial charge on any atom is 0.255 e. The molecule has 2 aromatic rings. The van der Waals surface area contributed by atoms with Gasteiger partial charge >= 0.3 is 0 Å². The van der Waals surface area contributed by atoms with E-state index in [9.17, 15) is 9.18 Å². The van der Waals surface area contributed by atoms with Crippen molar-refractivity contribution in [2.75, 3.05) is 18.5 Å². The quantitative estimate of drug-likeness (QED) is 0.830. The van der Waals surface area contributed by atoms with Gasteiger partial charge in [-0.05, 0) is 43.7 Å². The van der Waals surface area contributed by atoms with E-state index in [2.05, 4.69) is 5.32 Å². The monoisotopic (exact) mass is 317 g/mol. The molecule has 0 heterocycles. The van der Waals surface area contributed by atoms with Crippen LogP contribution < -0.4 is 14.8 Å². The third-order valence-electron chi connectivity index (χ3n) is 3.09. The largest absolute Gasteiger partial charge is 0.490 e. The second-order valence-electron chi connectivity index (χ2n) is 4.88. The Labute approximate surface area is 135 Å². The summed E-state index contributed by atoms with van der Waals surface area (Å²) in [6, 6.07) is 11.0. The third kappa shape index (κ3) is 4.45. The van der Waals surface area contributed by atoms with Gasteiger partial charge in [-0.25, -0.2) is 4.39 Å². The molecule has 0 bridgehead atoms. The molecule has 4 nitrogen and oxygen atoms in total. The molecule has 0 radical (unpaired) electrons. The Balaban J connectivity index is 2.20. The Morgan fingerprint density at radius 1 is 1.09 bits per heavy atom. The van der Waals surface area contributed by atoms with Crippen LogP contribution in [-0.4, -0.2) is 19.1 Å². The first-order valence-corrected chi connectivity index (χ1v) is 7.61. The van der Waals surface area contributed by atoms with Gasteiger partial charge < -0.3 is 14.8 Å². The van der Waals surface area contributed by atoms with Crippen molar-refractivity contribution in [1.29, 1.82) is 0 Å². The van der Waals surface area contributed by atoms with Gasteiger partial charge in [0.15, 0.2) is 11.5 Å². The molecule has 0 fully saturated rings. The van der Waals surface area contributed by atoms with E-state index >= 15 is 0 Å². The van der Waals surface area contributed by atoms with Crippen LogP contribution in [0, 0.1) is 5.82 Å². The minimum Gasteiger partial charge on any atom is -0.490 e. The summed E-state index contributed by atoms with van der Waals surface area (Å²) in [5.74, 6) is 0.213. The number of ether oxygens (including phenoxy) is 2. The summed E-state index contributed by atoms with van der Waals surface area (Å²) < 4.78 is 24.7. The fourth-order valence-corrected chi connectivity index (χ4v) is 2.01. The Bertz CT molecular complexity index is 673. The van der Waals surface area contributed by atoms with Crippen LogP contribution >= 0.6 is 0 Å². The van der Waals surface area contributed by atoms with Crippen LogP contribution in [0.2, 0.25) is 0 Å². The number of nitrogens with one attached hydrogen (secondary N) is 1. The number of hydrogen-bond acceptors (Lipinski definition) is 3. The highest BCUT2D eigenvalue weighted by atomic mass is 19.1. The standard InChI is InChI=1S/C18H20FNO3/c1-3-11-23-16-10-9-13(12-17(16)22-4-2)18(21)20-15-8-6-5-7-14(15)19/h5-10,12H,3-4,11H2,1-2H3,(H,20,21). The Kier molecular flexibility index (Phi) is 5.97. The van der Waals surface area contributed by atoms with Crippen molar-refractivity contribution in [2.24, 2.45) is 0 Å². The second-order valence-corrected chi connectivity index (χ2v) is 4.88. The first kappa shape index (κ1) is 16.8. The highest BCUT2D eigenvalue weighted by Crippen LogP contribution is 2.29. The average Bonchev–Trinajstić information content (AvgIpc) is 2.56. The highest BCUT2D eigenvalue weighted by molar-refractivity contribution is 6.04. The van der Waals surface area contributed by atoms with Gasteiger partial charge in [-0.3, -0.25) is 4.79 Å². The Morgan fingerprint density at radius 3 is 2.57 bits per heavy atom. The molecular formula is C18H20FNO3. The lowest BCUT2D eigenvalue weighted by molar-refractivity contribution is 0.102. The fraction of sp³-hybridized carbons (Fsp3) is 0.278. The molecule has 5 heteroatoms. The van der Waals surface area contributed by atoms with Crippen molar-refractivity contribution in [3.63, 3.8) is 0 Å². The van der Waals surface area contributed by atoms with Gasteiger partial charge in [0.25, 0.3) is 5.91 Å². The van der Waals surface area contributed by atoms with Gasteiger partial charge in [-0.1, -0.05) is 19.1 Å². The van der Waals surface area contributed by atoms with Crippen molar-refractivity contribution in [3.8, 4) is 11.5 Å². The third-order valence-corrected chi connectivity index (χ3v) is 3.09. The number of benzene rings is 2. The molecule has 1 N–H and O–H groups in total. The molecule has 0 unspecified atom stereocenters. The summed E-state index contributed by atoms with van der Waals surface area (Å²) in [6.45, 7) is 4.90. The predicted molar refractivity (Wildman–Crippen MR) is 87.8 cm³/mol. The number of carbonyl (C=O) groups excluding carboxylic acids is 1. The van der Waals surface area contributed by atoms with Gasteiger partial charge in [0, 0.05) is 5.56 Å². The van der Waals surface area contributed by atoms with Gasteiger partial charge in [0.2, 0.25) is 0 Å². The van der Waals surface area contributed by atoms with Gasteiger partial charge in [0.1, 0.15) is 5.82 Å². The molecule has 0 aliphatic heterocycles. The van der Waals surface area contributed by atoms with Gasteiger partial charge in [0.05, 0.1) is 18.9 Å². The summed E-state index contributed by atoms with van der Waals surface area (Å²) in [7, 11) is 0. The van der Waals surface area contributed by atoms with Crippen molar-refractivity contribution in [2.45, 2.75) is 20.3 Å². The molecule has 2 rings (SSSR count). The molecule has 122 valence electrons. The van der Waals surface area contributed by atoms with Gasteiger partial charge in [-0.15, -0.1) is 0 Å². The lowest BCUT2D eigenvalue weighted by atomic mass is 10.1. The van der Waals surface area contributed by atoms with E-state index < -0.39 is 11.7 Å². The Morgan fingerprint density at radius 2 is 1.87 bits per heavy atom. The second kappa shape index (κ2) is 8.17. The highest BCUT2D eigenvalue weighted by Gasteiger charge is 2.13. The minimum atomic E-state index is -0.478. The number of para-hydroxylation sites is 1. The fourth-order valence-electron chi connectivity index (χ4n) is 2.01. The molecule has 0 saturated carbocycles. The van der Waals surface area contributed by atoms with Crippen molar-refractivity contribution in [3.05, 3.63) is 53.8 Å². The molecule has 23 heavy (non-hydrogen) atoms. The van der Waals surface area contributed by atoms with E-state index in [0.29, 0.717) is 30.3 Å². The summed E-state index contributed by atoms with van der Waals surface area (Å²) in [5, 5.41) is 2.55. The molecule has 0 atom stereocenters. The number of hydrogen-bond donors (Lipinski definition) is 1. The number of anilines is 1. The first-order chi connectivity index (χ1) is 11.2. The minimum absolute atomic E-state index is 0.141. The first-order valence-electron chi connectivity index (χ1n) is 7.61. The van der Waals surface area contributed by atoms with E-state index in [1.807, 2.05) is 13.8 Å². The molecule has 0 aliphatic carbocycles. The van der Waals surface area contributed by atoms with Crippen molar-refractivity contribution >= 4 is 11.6 Å². The number of rotatable bonds is 7. The zero-order valence-corrected chi connectivity index (χ0v) is 13.3. The van der Waals surface area contributed by atoms with Crippen molar-refractivity contribution in [1.82, 2.24) is 0 Å². The Hall–Kier alpha value is -2.56. The van der Waals surface area contributed by atoms with E-state index in [1.165, 1.54) is 12.1 Å². The number of carbonyl (C=O) groups is 1. The number of halogens is 1. The smallest absolute Gasteiger partial charge is 0.255 e. The van der Waals surface area contributed by atoms with Crippen LogP contribution in [0.15, 0.2) is 42.5 Å². The average molecular weight is 317 g/mol. The van der Waals surface area contributed by atoms with Gasteiger partial charge in [-0.2, -0.15) is 0 Å². The van der Waals surface area contributed by atoms with Crippen LogP contribution in [0.4, 0.5) is 10.1 Å². The lowest BCUT2D eigenvalue weighted by Crippen LogP contribution is -2.13. The van der Waals surface area contributed by atoms with Crippen LogP contribution in [0.5, 0.6) is 11.5 Å². The SMILES string of the molecule is CCCOc1ccc(C(=O)Nc2ccccc2F)cc1OCC. The van der Waals surface area contributed by atoms with E-state index in [4.69, 9.17) is 9.47 Å². The molecule has 0 aromatic heterocycles. The summed E-state index contributed by atoms with van der Waals surface area (Å²) in [6.07, 6.45) is 0.876. The predicted octanol–water partition coefficient (Wildman–Crippen LogP) is 4.27. The van der Waals surface area contributed by atoms with E-state index in [1.54, 1.807) is 30.3 Å². The molecule has 2 aromatic carbocycles. The lowest BCUT2D eigenvalue weighted by Gasteiger charge is -2.13. The summed E-state index contributed by atoms with van der Waals surface area (Å²) in [5.41, 5.74) is 0.516.